The molecule has 0 radical (unpaired) electrons. The van der Waals surface area contributed by atoms with Crippen LogP contribution in [0.3, 0.4) is 0 Å². The van der Waals surface area contributed by atoms with Crippen LogP contribution in [-0.2, 0) is 9.09 Å². The molecule has 0 aliphatic rings. The molecular formula is C4H12NO3P. The van der Waals surface area contributed by atoms with Gasteiger partial charge in [-0.2, -0.15) is 0 Å². The van der Waals surface area contributed by atoms with E-state index in [1.807, 2.05) is 7.05 Å². The first-order valence-corrected chi connectivity index (χ1v) is 4.04. The largest absolute Gasteiger partial charge is 0.326 e. The summed E-state index contributed by atoms with van der Waals surface area (Å²) in [5.74, 6) is 0. The maximum absolute atomic E-state index is 9.91. The molecule has 56 valence electrons. The minimum Gasteiger partial charge on any atom is -0.326 e. The second-order valence-electron chi connectivity index (χ2n) is 1.57. The molecule has 0 aromatic rings. The van der Waals surface area contributed by atoms with Crippen LogP contribution in [0.2, 0.25) is 0 Å². The van der Waals surface area contributed by atoms with Crippen molar-refractivity contribution in [2.75, 3.05) is 20.2 Å². The van der Waals surface area contributed by atoms with Crippen LogP contribution in [0.15, 0.2) is 0 Å². The normalized spacial score (nSPS) is 13.6. The predicted octanol–water partition coefficient (Wildman–Crippen LogP) is -0.00550. The first kappa shape index (κ1) is 9.11. The molecule has 5 heteroatoms. The molecule has 0 saturated heterocycles. The third-order valence-corrected chi connectivity index (χ3v) is 1.25. The van der Waals surface area contributed by atoms with Crippen LogP contribution >= 0.6 is 8.25 Å². The fraction of sp³-hybridized carbons (Fsp3) is 1.00. The summed E-state index contributed by atoms with van der Waals surface area (Å²) >= 11 is 0. The topological polar surface area (TPSA) is 58.6 Å². The first-order chi connectivity index (χ1) is 4.27. The Balaban J connectivity index is 2.83. The summed E-state index contributed by atoms with van der Waals surface area (Å²) in [7, 11) is -0.871. The van der Waals surface area contributed by atoms with Gasteiger partial charge in [-0.3, -0.25) is 4.57 Å². The molecule has 0 aliphatic heterocycles. The van der Waals surface area contributed by atoms with Crippen LogP contribution in [0.4, 0.5) is 0 Å². The molecule has 0 aromatic heterocycles. The van der Waals surface area contributed by atoms with Crippen molar-refractivity contribution >= 4 is 8.25 Å². The zero-order valence-corrected chi connectivity index (χ0v) is 6.39. The Labute approximate surface area is 55.2 Å². The van der Waals surface area contributed by atoms with E-state index >= 15 is 0 Å². The lowest BCUT2D eigenvalue weighted by Crippen LogP contribution is -2.09. The fourth-order valence-corrected chi connectivity index (χ4v) is 0.727. The van der Waals surface area contributed by atoms with Gasteiger partial charge in [0.25, 0.3) is 0 Å². The molecule has 0 fully saturated rings. The van der Waals surface area contributed by atoms with Crippen LogP contribution in [-0.4, -0.2) is 25.1 Å². The number of hydrogen-bond acceptors (Lipinski definition) is 3. The van der Waals surface area contributed by atoms with Gasteiger partial charge in [0, 0.05) is 0 Å². The van der Waals surface area contributed by atoms with Crippen molar-refractivity contribution in [3.8, 4) is 0 Å². The van der Waals surface area contributed by atoms with Crippen molar-refractivity contribution in [3.05, 3.63) is 0 Å². The standard InChI is InChI=1S/C4H12NO3P/c1-5-3-2-4-8-9(6)7/h5,9H,2-4H2,1H3,(H,6,7). The van der Waals surface area contributed by atoms with Gasteiger partial charge >= 0.3 is 8.25 Å². The molecule has 0 spiro atoms. The Bertz CT molecular complexity index is 87.9. The lowest BCUT2D eigenvalue weighted by Gasteiger charge is -1.97. The predicted molar refractivity (Wildman–Crippen MR) is 35.7 cm³/mol. The molecule has 0 heterocycles. The summed E-state index contributed by atoms with van der Waals surface area (Å²) in [6.45, 7) is 1.17. The molecule has 0 saturated carbocycles. The summed E-state index contributed by atoms with van der Waals surface area (Å²) in [6, 6.07) is 0. The van der Waals surface area contributed by atoms with Gasteiger partial charge in [0.2, 0.25) is 0 Å². The van der Waals surface area contributed by atoms with Crippen molar-refractivity contribution in [2.45, 2.75) is 6.42 Å². The third kappa shape index (κ3) is 8.11. The summed E-state index contributed by atoms with van der Waals surface area (Å²) in [6.07, 6.45) is 0.771. The zero-order valence-electron chi connectivity index (χ0n) is 5.39. The van der Waals surface area contributed by atoms with Crippen LogP contribution in [0, 0.1) is 0 Å². The van der Waals surface area contributed by atoms with Gasteiger partial charge in [-0.15, -0.1) is 0 Å². The lowest BCUT2D eigenvalue weighted by atomic mass is 10.5. The Morgan fingerprint density at radius 1 is 1.78 bits per heavy atom. The Morgan fingerprint density at radius 3 is 2.89 bits per heavy atom. The molecule has 0 bridgehead atoms. The maximum Gasteiger partial charge on any atom is 0.316 e. The highest BCUT2D eigenvalue weighted by Crippen LogP contribution is 2.13. The van der Waals surface area contributed by atoms with Crippen molar-refractivity contribution in [3.63, 3.8) is 0 Å². The molecule has 4 nitrogen and oxygen atoms in total. The molecular weight excluding hydrogens is 141 g/mol. The summed E-state index contributed by atoms with van der Waals surface area (Å²) in [5, 5.41) is 2.89. The molecule has 0 aromatic carbocycles. The van der Waals surface area contributed by atoms with E-state index in [1.54, 1.807) is 0 Å². The summed E-state index contributed by atoms with van der Waals surface area (Å²) in [5.41, 5.74) is 0. The van der Waals surface area contributed by atoms with Crippen LogP contribution in [0.1, 0.15) is 6.42 Å². The molecule has 0 aliphatic carbocycles. The molecule has 9 heavy (non-hydrogen) atoms. The van der Waals surface area contributed by atoms with Gasteiger partial charge < -0.3 is 14.7 Å². The van der Waals surface area contributed by atoms with Gasteiger partial charge in [0.05, 0.1) is 6.61 Å². The monoisotopic (exact) mass is 153 g/mol. The molecule has 0 amide bonds. The van der Waals surface area contributed by atoms with Crippen molar-refractivity contribution < 1.29 is 14.0 Å². The van der Waals surface area contributed by atoms with Crippen LogP contribution in [0.5, 0.6) is 0 Å². The van der Waals surface area contributed by atoms with E-state index in [2.05, 4.69) is 9.84 Å². The molecule has 1 unspecified atom stereocenters. The Morgan fingerprint density at radius 2 is 2.44 bits per heavy atom. The van der Waals surface area contributed by atoms with E-state index in [4.69, 9.17) is 4.89 Å². The van der Waals surface area contributed by atoms with E-state index in [0.717, 1.165) is 13.0 Å². The third-order valence-electron chi connectivity index (χ3n) is 0.797. The second-order valence-corrected chi connectivity index (χ2v) is 2.39. The van der Waals surface area contributed by atoms with Crippen molar-refractivity contribution in [2.24, 2.45) is 0 Å². The van der Waals surface area contributed by atoms with E-state index in [9.17, 15) is 4.57 Å². The summed E-state index contributed by atoms with van der Waals surface area (Å²) in [4.78, 5) is 8.16. The minimum atomic E-state index is -2.69. The van der Waals surface area contributed by atoms with Gasteiger partial charge in [-0.05, 0) is 20.0 Å². The van der Waals surface area contributed by atoms with E-state index in [0.29, 0.717) is 6.61 Å². The van der Waals surface area contributed by atoms with E-state index in [-0.39, 0.29) is 0 Å². The highest BCUT2D eigenvalue weighted by molar-refractivity contribution is 7.32. The smallest absolute Gasteiger partial charge is 0.316 e. The average molecular weight is 153 g/mol. The van der Waals surface area contributed by atoms with Crippen LogP contribution in [0.25, 0.3) is 0 Å². The molecule has 2 N–H and O–H groups in total. The summed E-state index contributed by atoms with van der Waals surface area (Å²) < 4.78 is 14.3. The van der Waals surface area contributed by atoms with E-state index in [1.165, 1.54) is 0 Å². The van der Waals surface area contributed by atoms with Crippen molar-refractivity contribution in [1.29, 1.82) is 0 Å². The maximum atomic E-state index is 9.91. The number of rotatable bonds is 5. The van der Waals surface area contributed by atoms with Crippen LogP contribution < -0.4 is 5.32 Å². The first-order valence-electron chi connectivity index (χ1n) is 2.77. The number of nitrogens with one attached hydrogen (secondary N) is 1. The second kappa shape index (κ2) is 6.23. The SMILES string of the molecule is CNCCCO[PH](=O)O. The molecule has 1 atom stereocenters. The van der Waals surface area contributed by atoms with E-state index < -0.39 is 8.25 Å². The lowest BCUT2D eigenvalue weighted by molar-refractivity contribution is 0.277. The van der Waals surface area contributed by atoms with Gasteiger partial charge in [0.1, 0.15) is 0 Å². The van der Waals surface area contributed by atoms with Gasteiger partial charge in [0.15, 0.2) is 0 Å². The van der Waals surface area contributed by atoms with Gasteiger partial charge in [-0.25, -0.2) is 0 Å². The highest BCUT2D eigenvalue weighted by Gasteiger charge is 1.89. The highest BCUT2D eigenvalue weighted by atomic mass is 31.1. The minimum absolute atomic E-state index is 0.356. The van der Waals surface area contributed by atoms with Gasteiger partial charge in [-0.1, -0.05) is 0 Å². The van der Waals surface area contributed by atoms with Crippen molar-refractivity contribution in [1.82, 2.24) is 5.32 Å². The quantitative estimate of drug-likeness (QED) is 0.431. The molecule has 0 rings (SSSR count). The Hall–Kier alpha value is 0.110. The zero-order chi connectivity index (χ0) is 7.11. The average Bonchev–Trinajstić information content (AvgIpc) is 1.80. The fourth-order valence-electron chi connectivity index (χ4n) is 0.408. The Kier molecular flexibility index (Phi) is 6.31. The number of hydrogen-bond donors (Lipinski definition) is 2.